The molecule has 0 radical (unpaired) electrons. The van der Waals surface area contributed by atoms with Gasteiger partial charge < -0.3 is 19.5 Å². The van der Waals surface area contributed by atoms with E-state index in [1.807, 2.05) is 0 Å². The highest BCUT2D eigenvalue weighted by Gasteiger charge is 2.33. The fraction of sp³-hybridized carbons (Fsp3) is 0.565. The molecule has 1 aromatic rings. The minimum Gasteiger partial charge on any atom is -0.480 e. The Morgan fingerprint density at radius 3 is 2.09 bits per heavy atom. The second-order valence-electron chi connectivity index (χ2n) is 9.05. The first-order valence-electron chi connectivity index (χ1n) is 10.8. The molecule has 0 aliphatic carbocycles. The van der Waals surface area contributed by atoms with E-state index in [0.717, 1.165) is 0 Å². The molecule has 1 rings (SSSR count). The Morgan fingerprint density at radius 2 is 1.66 bits per heavy atom. The molecule has 0 spiro atoms. The molecule has 32 heavy (non-hydrogen) atoms. The van der Waals surface area contributed by atoms with Crippen molar-refractivity contribution in [2.24, 2.45) is 0 Å². The van der Waals surface area contributed by atoms with Crippen molar-refractivity contribution in [3.8, 4) is 11.5 Å². The number of hydrogen-bond acceptors (Lipinski definition) is 5. The van der Waals surface area contributed by atoms with Crippen LogP contribution in [0.15, 0.2) is 24.3 Å². The molecule has 0 unspecified atom stereocenters. The Bertz CT molecular complexity index is 886. The number of nitrogens with one attached hydrogen (secondary N) is 1. The smallest absolute Gasteiger partial charge is 0.335 e. The van der Waals surface area contributed by atoms with Crippen molar-refractivity contribution in [1.29, 1.82) is 0 Å². The normalized spacial score (nSPS) is 13.1. The molecule has 0 fully saturated rings. The van der Waals surface area contributed by atoms with Crippen molar-refractivity contribution in [3.63, 3.8) is 0 Å². The zero-order valence-electron chi connectivity index (χ0n) is 20.2. The average Bonchev–Trinajstić information content (AvgIpc) is 2.66. The van der Waals surface area contributed by atoms with Gasteiger partial charge in [-0.2, -0.15) is 0 Å². The summed E-state index contributed by atoms with van der Waals surface area (Å²) in [4.78, 5) is 24.2. The lowest BCUT2D eigenvalue weighted by atomic mass is 10.1. The summed E-state index contributed by atoms with van der Waals surface area (Å²) in [5.74, 6) is 1.35. The van der Waals surface area contributed by atoms with Crippen molar-refractivity contribution in [2.45, 2.75) is 71.4 Å². The summed E-state index contributed by atoms with van der Waals surface area (Å²) < 4.78 is 23.2. The maximum absolute atomic E-state index is 12.7. The maximum Gasteiger partial charge on any atom is 0.335 e. The first-order chi connectivity index (χ1) is 14.7. The molecule has 0 aliphatic heterocycles. The number of carbonyl (C=O) groups is 2. The van der Waals surface area contributed by atoms with Crippen molar-refractivity contribution >= 4 is 27.5 Å². The van der Waals surface area contributed by atoms with Crippen LogP contribution >= 0.6 is 7.60 Å². The lowest BCUT2D eigenvalue weighted by Gasteiger charge is -2.31. The van der Waals surface area contributed by atoms with Gasteiger partial charge >= 0.3 is 13.6 Å². The van der Waals surface area contributed by atoms with E-state index >= 15 is 0 Å². The van der Waals surface area contributed by atoms with Crippen LogP contribution in [0, 0.1) is 11.5 Å². The fourth-order valence-electron chi connectivity index (χ4n) is 2.51. The van der Waals surface area contributed by atoms with Gasteiger partial charge in [-0.15, -0.1) is 11.5 Å². The molecule has 0 aromatic heterocycles. The highest BCUT2D eigenvalue weighted by atomic mass is 31.2. The summed E-state index contributed by atoms with van der Waals surface area (Å²) >= 11 is 0. The highest BCUT2D eigenvalue weighted by Crippen LogP contribution is 2.51. The Hall–Kier alpha value is -1.91. The molecule has 7 nitrogen and oxygen atoms in total. The van der Waals surface area contributed by atoms with Gasteiger partial charge in [-0.05, 0) is 36.6 Å². The maximum atomic E-state index is 12.7. The lowest BCUT2D eigenvalue weighted by molar-refractivity contribution is -0.139. The first-order valence-corrected chi connectivity index (χ1v) is 15.5. The number of amides is 1. The zero-order valence-corrected chi connectivity index (χ0v) is 22.0. The second-order valence-corrected chi connectivity index (χ2v) is 16.1. The molecular formula is C23H36NO6PSi. The van der Waals surface area contributed by atoms with Crippen LogP contribution < -0.4 is 5.32 Å². The largest absolute Gasteiger partial charge is 0.480 e. The van der Waals surface area contributed by atoms with Crippen LogP contribution in [-0.2, 0) is 24.6 Å². The third kappa shape index (κ3) is 8.55. The molecule has 178 valence electrons. The van der Waals surface area contributed by atoms with Gasteiger partial charge in [0.15, 0.2) is 0 Å². The summed E-state index contributed by atoms with van der Waals surface area (Å²) in [6.07, 6.45) is 0.134. The third-order valence-corrected chi connectivity index (χ3v) is 12.0. The van der Waals surface area contributed by atoms with Crippen molar-refractivity contribution < 1.29 is 28.3 Å². The Kier molecular flexibility index (Phi) is 10.4. The van der Waals surface area contributed by atoms with E-state index in [-0.39, 0.29) is 30.8 Å². The number of aliphatic carboxylic acids is 1. The van der Waals surface area contributed by atoms with Crippen LogP contribution in [0.1, 0.15) is 57.0 Å². The van der Waals surface area contributed by atoms with Crippen molar-refractivity contribution in [2.75, 3.05) is 13.2 Å². The van der Waals surface area contributed by atoms with Gasteiger partial charge in [0, 0.05) is 12.0 Å². The van der Waals surface area contributed by atoms with Crippen LogP contribution in [0.4, 0.5) is 0 Å². The van der Waals surface area contributed by atoms with Gasteiger partial charge in [0.1, 0.15) is 14.1 Å². The highest BCUT2D eigenvalue weighted by molar-refractivity contribution is 7.53. The number of rotatable bonds is 10. The molecule has 2 N–H and O–H groups in total. The first kappa shape index (κ1) is 28.1. The monoisotopic (exact) mass is 481 g/mol. The van der Waals surface area contributed by atoms with E-state index < -0.39 is 33.6 Å². The zero-order chi connectivity index (χ0) is 24.6. The van der Waals surface area contributed by atoms with Gasteiger partial charge in [-0.3, -0.25) is 9.36 Å². The molecule has 0 saturated carbocycles. The molecule has 0 aliphatic rings. The van der Waals surface area contributed by atoms with Crippen LogP contribution in [0.3, 0.4) is 0 Å². The van der Waals surface area contributed by atoms with E-state index in [4.69, 9.17) is 9.05 Å². The average molecular weight is 482 g/mol. The number of carboxylic acid groups (broad SMARTS) is 1. The molecule has 0 heterocycles. The van der Waals surface area contributed by atoms with Crippen molar-refractivity contribution in [1.82, 2.24) is 5.32 Å². The number of hydrogen-bond donors (Lipinski definition) is 2. The standard InChI is InChI=1S/C23H36NO6PSi/c1-8-29-31(28,30-9-2)17-18-12-14-19(15-13-18)21(25)24-20(22(26)27)11-10-16-32(6,7)23(3,4)5/h12-15,20H,8-9,11,17H2,1-7H3,(H,24,25)(H,26,27)/t20-/m0/s1. The minimum atomic E-state index is -3.24. The Morgan fingerprint density at radius 1 is 1.12 bits per heavy atom. The SMILES string of the molecule is CCOP(=O)(Cc1ccc(C(=O)N[C@@H](CC#C[Si](C)(C)C(C)(C)C)C(=O)O)cc1)OCC. The van der Waals surface area contributed by atoms with Crippen LogP contribution in [0.25, 0.3) is 0 Å². The quantitative estimate of drug-likeness (QED) is 0.275. The van der Waals surface area contributed by atoms with Crippen LogP contribution in [0.5, 0.6) is 0 Å². The summed E-state index contributed by atoms with van der Waals surface area (Å²) in [5.41, 5.74) is 4.27. The van der Waals surface area contributed by atoms with E-state index in [9.17, 15) is 19.3 Å². The molecule has 1 atom stereocenters. The van der Waals surface area contributed by atoms with E-state index in [1.165, 1.54) is 0 Å². The Labute approximate surface area is 192 Å². The summed E-state index contributed by atoms with van der Waals surface area (Å²) in [6.45, 7) is 14.7. The van der Waals surface area contributed by atoms with Crippen LogP contribution in [-0.4, -0.2) is 44.3 Å². The summed E-state index contributed by atoms with van der Waals surface area (Å²) in [5, 5.41) is 12.1. The minimum absolute atomic E-state index is 0.0392. The molecular weight excluding hydrogens is 445 g/mol. The molecule has 1 amide bonds. The Balaban J connectivity index is 2.87. The fourth-order valence-corrected chi connectivity index (χ4v) is 5.13. The van der Waals surface area contributed by atoms with Gasteiger partial charge in [0.2, 0.25) is 0 Å². The predicted molar refractivity (Wildman–Crippen MR) is 129 cm³/mol. The number of carboxylic acids is 1. The van der Waals surface area contributed by atoms with Crippen LogP contribution in [0.2, 0.25) is 18.1 Å². The molecule has 0 bridgehead atoms. The number of benzene rings is 1. The summed E-state index contributed by atoms with van der Waals surface area (Å²) in [7, 11) is -5.10. The van der Waals surface area contributed by atoms with E-state index in [0.29, 0.717) is 11.1 Å². The van der Waals surface area contributed by atoms with Gasteiger partial charge in [-0.1, -0.05) is 46.0 Å². The summed E-state index contributed by atoms with van der Waals surface area (Å²) in [6, 6.07) is 5.34. The molecule has 1 aromatic carbocycles. The molecule has 0 saturated heterocycles. The molecule has 9 heteroatoms. The third-order valence-electron chi connectivity index (χ3n) is 5.43. The van der Waals surface area contributed by atoms with Crippen molar-refractivity contribution in [3.05, 3.63) is 35.4 Å². The van der Waals surface area contributed by atoms with Gasteiger partial charge in [0.25, 0.3) is 5.91 Å². The van der Waals surface area contributed by atoms with Gasteiger partial charge in [0.05, 0.1) is 19.4 Å². The van der Waals surface area contributed by atoms with E-state index in [2.05, 4.69) is 50.6 Å². The van der Waals surface area contributed by atoms with E-state index in [1.54, 1.807) is 38.1 Å². The number of carbonyl (C=O) groups excluding carboxylic acids is 1. The second kappa shape index (κ2) is 11.8. The topological polar surface area (TPSA) is 102 Å². The lowest BCUT2D eigenvalue weighted by Crippen LogP contribution is -2.41. The van der Waals surface area contributed by atoms with Gasteiger partial charge in [-0.25, -0.2) is 4.79 Å². The predicted octanol–water partition coefficient (Wildman–Crippen LogP) is 5.08.